The molecule has 0 aliphatic carbocycles. The van der Waals surface area contributed by atoms with E-state index in [1.54, 1.807) is 0 Å². The van der Waals surface area contributed by atoms with Crippen molar-refractivity contribution in [1.82, 2.24) is 0 Å². The second-order valence-corrected chi connectivity index (χ2v) is 3.39. The Bertz CT molecular complexity index is 310. The molecular weight excluding hydrogens is 178 g/mol. The first-order valence-electron chi connectivity index (χ1n) is 4.53. The lowest BCUT2D eigenvalue weighted by Crippen LogP contribution is -2.36. The molecule has 1 rings (SSSR count). The summed E-state index contributed by atoms with van der Waals surface area (Å²) in [5.41, 5.74) is 5.81. The first-order chi connectivity index (χ1) is 6.58. The molecule has 0 unspecified atom stereocenters. The minimum atomic E-state index is -0.715. The fourth-order valence-electron chi connectivity index (χ4n) is 1.33. The highest BCUT2D eigenvalue weighted by Crippen LogP contribution is 2.23. The molecule has 0 saturated carbocycles. The van der Waals surface area contributed by atoms with E-state index in [0.29, 0.717) is 0 Å². The largest absolute Gasteiger partial charge is 0.453 e. The molecule has 0 fully saturated rings. The zero-order valence-electron chi connectivity index (χ0n) is 8.49. The van der Waals surface area contributed by atoms with Gasteiger partial charge >= 0.3 is 5.97 Å². The standard InChI is InChI=1S/C11H15NO2/c1-9(13)14-11(2,8-12)10-6-4-3-5-7-10/h3-7H,8,12H2,1-2H3/t11-/m0/s1. The molecule has 0 amide bonds. The SMILES string of the molecule is CC(=O)O[C@@](C)(CN)c1ccccc1. The summed E-state index contributed by atoms with van der Waals surface area (Å²) in [5, 5.41) is 0. The molecule has 76 valence electrons. The van der Waals surface area contributed by atoms with Crippen molar-refractivity contribution in [3.63, 3.8) is 0 Å². The Morgan fingerprint density at radius 3 is 2.43 bits per heavy atom. The van der Waals surface area contributed by atoms with Crippen LogP contribution >= 0.6 is 0 Å². The summed E-state index contributed by atoms with van der Waals surface area (Å²) in [6, 6.07) is 9.50. The quantitative estimate of drug-likeness (QED) is 0.739. The molecule has 2 N–H and O–H groups in total. The number of rotatable bonds is 3. The summed E-state index contributed by atoms with van der Waals surface area (Å²) >= 11 is 0. The maximum absolute atomic E-state index is 10.9. The van der Waals surface area contributed by atoms with Gasteiger partial charge in [0.1, 0.15) is 5.60 Å². The molecule has 0 aliphatic rings. The Morgan fingerprint density at radius 2 is 2.00 bits per heavy atom. The van der Waals surface area contributed by atoms with Crippen LogP contribution in [0.15, 0.2) is 30.3 Å². The molecule has 0 aliphatic heterocycles. The molecule has 0 spiro atoms. The monoisotopic (exact) mass is 193 g/mol. The summed E-state index contributed by atoms with van der Waals surface area (Å²) in [6.45, 7) is 3.47. The molecule has 0 heterocycles. The fraction of sp³-hybridized carbons (Fsp3) is 0.364. The highest BCUT2D eigenvalue weighted by Gasteiger charge is 2.27. The molecule has 0 bridgehead atoms. The molecule has 0 saturated heterocycles. The van der Waals surface area contributed by atoms with Gasteiger partial charge in [0.15, 0.2) is 0 Å². The van der Waals surface area contributed by atoms with E-state index in [0.717, 1.165) is 5.56 Å². The summed E-state index contributed by atoms with van der Waals surface area (Å²) in [4.78, 5) is 10.9. The van der Waals surface area contributed by atoms with Crippen LogP contribution in [0.4, 0.5) is 0 Å². The molecule has 1 atom stereocenters. The maximum atomic E-state index is 10.9. The van der Waals surface area contributed by atoms with Crippen molar-refractivity contribution in [2.24, 2.45) is 5.73 Å². The van der Waals surface area contributed by atoms with E-state index >= 15 is 0 Å². The van der Waals surface area contributed by atoms with Crippen LogP contribution in [0.25, 0.3) is 0 Å². The third-order valence-electron chi connectivity index (χ3n) is 2.14. The van der Waals surface area contributed by atoms with Crippen LogP contribution in [-0.4, -0.2) is 12.5 Å². The van der Waals surface area contributed by atoms with Gasteiger partial charge in [-0.05, 0) is 12.5 Å². The summed E-state index contributed by atoms with van der Waals surface area (Å²) in [6.07, 6.45) is 0. The summed E-state index contributed by atoms with van der Waals surface area (Å²) in [7, 11) is 0. The second-order valence-electron chi connectivity index (χ2n) is 3.39. The summed E-state index contributed by atoms with van der Waals surface area (Å²) in [5.74, 6) is -0.318. The Labute approximate surface area is 83.9 Å². The minimum Gasteiger partial charge on any atom is -0.453 e. The smallest absolute Gasteiger partial charge is 0.303 e. The van der Waals surface area contributed by atoms with Gasteiger partial charge in [0.25, 0.3) is 0 Å². The van der Waals surface area contributed by atoms with Crippen molar-refractivity contribution in [2.75, 3.05) is 6.54 Å². The number of nitrogens with two attached hydrogens (primary N) is 1. The van der Waals surface area contributed by atoms with Crippen LogP contribution < -0.4 is 5.73 Å². The lowest BCUT2D eigenvalue weighted by molar-refractivity contribution is -0.155. The first kappa shape index (κ1) is 10.7. The number of esters is 1. The van der Waals surface area contributed by atoms with Crippen molar-refractivity contribution in [3.05, 3.63) is 35.9 Å². The molecule has 3 heteroatoms. The Kier molecular flexibility index (Phi) is 3.25. The number of benzene rings is 1. The van der Waals surface area contributed by atoms with Crippen LogP contribution in [0.3, 0.4) is 0 Å². The van der Waals surface area contributed by atoms with Crippen molar-refractivity contribution >= 4 is 5.97 Å². The third kappa shape index (κ3) is 2.33. The van der Waals surface area contributed by atoms with Crippen molar-refractivity contribution in [3.8, 4) is 0 Å². The van der Waals surface area contributed by atoms with Crippen LogP contribution in [0.2, 0.25) is 0 Å². The molecule has 0 radical (unpaired) electrons. The first-order valence-corrected chi connectivity index (χ1v) is 4.53. The van der Waals surface area contributed by atoms with E-state index in [9.17, 15) is 4.79 Å². The Morgan fingerprint density at radius 1 is 1.43 bits per heavy atom. The fourth-order valence-corrected chi connectivity index (χ4v) is 1.33. The lowest BCUT2D eigenvalue weighted by atomic mass is 9.96. The van der Waals surface area contributed by atoms with Crippen LogP contribution in [0.1, 0.15) is 19.4 Å². The number of hydrogen-bond donors (Lipinski definition) is 1. The van der Waals surface area contributed by atoms with Gasteiger partial charge in [-0.3, -0.25) is 4.79 Å². The molecule has 3 nitrogen and oxygen atoms in total. The van der Waals surface area contributed by atoms with Gasteiger partial charge in [0.05, 0.1) is 0 Å². The second kappa shape index (κ2) is 4.24. The third-order valence-corrected chi connectivity index (χ3v) is 2.14. The lowest BCUT2D eigenvalue weighted by Gasteiger charge is -2.27. The number of carbonyl (C=O) groups is 1. The Hall–Kier alpha value is -1.35. The average Bonchev–Trinajstić information content (AvgIpc) is 2.18. The van der Waals surface area contributed by atoms with Crippen molar-refractivity contribution in [1.29, 1.82) is 0 Å². The van der Waals surface area contributed by atoms with Crippen molar-refractivity contribution in [2.45, 2.75) is 19.4 Å². The summed E-state index contributed by atoms with van der Waals surface area (Å²) < 4.78 is 5.21. The van der Waals surface area contributed by atoms with E-state index in [-0.39, 0.29) is 12.5 Å². The zero-order chi connectivity index (χ0) is 10.6. The van der Waals surface area contributed by atoms with Gasteiger partial charge in [-0.15, -0.1) is 0 Å². The molecule has 1 aromatic carbocycles. The van der Waals surface area contributed by atoms with Gasteiger partial charge in [-0.1, -0.05) is 30.3 Å². The van der Waals surface area contributed by atoms with E-state index in [2.05, 4.69) is 0 Å². The van der Waals surface area contributed by atoms with Crippen LogP contribution in [-0.2, 0) is 15.1 Å². The maximum Gasteiger partial charge on any atom is 0.303 e. The van der Waals surface area contributed by atoms with Gasteiger partial charge in [-0.25, -0.2) is 0 Å². The minimum absolute atomic E-state index is 0.274. The highest BCUT2D eigenvalue weighted by atomic mass is 16.6. The van der Waals surface area contributed by atoms with Gasteiger partial charge in [-0.2, -0.15) is 0 Å². The van der Waals surface area contributed by atoms with Gasteiger partial charge in [0, 0.05) is 13.5 Å². The number of carbonyl (C=O) groups excluding carboxylic acids is 1. The van der Waals surface area contributed by atoms with Gasteiger partial charge < -0.3 is 10.5 Å². The predicted octanol–water partition coefficient (Wildman–Crippen LogP) is 1.42. The highest BCUT2D eigenvalue weighted by molar-refractivity contribution is 5.66. The van der Waals surface area contributed by atoms with E-state index < -0.39 is 5.60 Å². The predicted molar refractivity (Wildman–Crippen MR) is 54.6 cm³/mol. The topological polar surface area (TPSA) is 52.3 Å². The van der Waals surface area contributed by atoms with E-state index in [4.69, 9.17) is 10.5 Å². The normalized spacial score (nSPS) is 14.5. The average molecular weight is 193 g/mol. The molecule has 0 aromatic heterocycles. The van der Waals surface area contributed by atoms with Crippen LogP contribution in [0.5, 0.6) is 0 Å². The van der Waals surface area contributed by atoms with Gasteiger partial charge in [0.2, 0.25) is 0 Å². The molecular formula is C11H15NO2. The zero-order valence-corrected chi connectivity index (χ0v) is 8.49. The number of ether oxygens (including phenoxy) is 1. The van der Waals surface area contributed by atoms with Crippen LogP contribution in [0, 0.1) is 0 Å². The van der Waals surface area contributed by atoms with Crippen molar-refractivity contribution < 1.29 is 9.53 Å². The molecule has 1 aromatic rings. The molecule has 14 heavy (non-hydrogen) atoms. The Balaban J connectivity index is 2.95. The van der Waals surface area contributed by atoms with E-state index in [1.807, 2.05) is 37.3 Å². The number of hydrogen-bond acceptors (Lipinski definition) is 3. The van der Waals surface area contributed by atoms with E-state index in [1.165, 1.54) is 6.92 Å².